The van der Waals surface area contributed by atoms with Crippen molar-refractivity contribution in [1.82, 2.24) is 15.2 Å². The van der Waals surface area contributed by atoms with Gasteiger partial charge in [0.05, 0.1) is 18.8 Å². The predicted octanol–water partition coefficient (Wildman–Crippen LogP) is 4.08. The van der Waals surface area contributed by atoms with Crippen LogP contribution in [0.2, 0.25) is 0 Å². The number of aromatic nitrogens is 3. The number of halogens is 1. The molecular formula is C18H18FN3O2. The Labute approximate surface area is 139 Å². The number of ether oxygens (including phenoxy) is 2. The van der Waals surface area contributed by atoms with Crippen LogP contribution in [0.25, 0.3) is 22.8 Å². The Bertz CT molecular complexity index is 833. The lowest BCUT2D eigenvalue weighted by Crippen LogP contribution is -1.98. The second-order valence-corrected chi connectivity index (χ2v) is 5.02. The van der Waals surface area contributed by atoms with Crippen molar-refractivity contribution < 1.29 is 13.9 Å². The Morgan fingerprint density at radius 3 is 2.50 bits per heavy atom. The Hall–Kier alpha value is -2.89. The summed E-state index contributed by atoms with van der Waals surface area (Å²) >= 11 is 0. The van der Waals surface area contributed by atoms with Crippen molar-refractivity contribution in [2.45, 2.75) is 13.8 Å². The van der Waals surface area contributed by atoms with Crippen LogP contribution in [0.5, 0.6) is 11.5 Å². The highest BCUT2D eigenvalue weighted by Gasteiger charge is 2.13. The Morgan fingerprint density at radius 1 is 1.00 bits per heavy atom. The molecule has 3 aromatic rings. The average molecular weight is 327 g/mol. The van der Waals surface area contributed by atoms with Crippen LogP contribution in [0.4, 0.5) is 4.39 Å². The summed E-state index contributed by atoms with van der Waals surface area (Å²) in [7, 11) is 0. The number of benzene rings is 2. The molecule has 0 radical (unpaired) electrons. The zero-order valence-corrected chi connectivity index (χ0v) is 13.5. The zero-order chi connectivity index (χ0) is 16.9. The van der Waals surface area contributed by atoms with Gasteiger partial charge in [0.15, 0.2) is 23.1 Å². The maximum absolute atomic E-state index is 13.9. The van der Waals surface area contributed by atoms with Crippen molar-refractivity contribution in [2.75, 3.05) is 13.2 Å². The summed E-state index contributed by atoms with van der Waals surface area (Å²) in [6, 6.07) is 11.9. The van der Waals surface area contributed by atoms with E-state index in [0.29, 0.717) is 41.9 Å². The van der Waals surface area contributed by atoms with Crippen LogP contribution >= 0.6 is 0 Å². The van der Waals surface area contributed by atoms with Crippen molar-refractivity contribution in [1.29, 1.82) is 0 Å². The molecule has 0 aliphatic heterocycles. The molecule has 0 amide bonds. The van der Waals surface area contributed by atoms with E-state index in [1.54, 1.807) is 18.2 Å². The lowest BCUT2D eigenvalue weighted by molar-refractivity contribution is 0.288. The third-order valence-corrected chi connectivity index (χ3v) is 3.42. The first-order valence-corrected chi connectivity index (χ1v) is 7.80. The number of H-pyrrole nitrogens is 1. The Balaban J connectivity index is 1.95. The first kappa shape index (κ1) is 16.0. The fraction of sp³-hybridized carbons (Fsp3) is 0.222. The minimum atomic E-state index is -0.345. The largest absolute Gasteiger partial charge is 0.490 e. The lowest BCUT2D eigenvalue weighted by Gasteiger charge is -2.11. The minimum absolute atomic E-state index is 0.345. The number of nitrogens with one attached hydrogen (secondary N) is 1. The van der Waals surface area contributed by atoms with Gasteiger partial charge in [-0.15, -0.1) is 0 Å². The lowest BCUT2D eigenvalue weighted by atomic mass is 10.2. The zero-order valence-electron chi connectivity index (χ0n) is 13.5. The number of nitrogens with zero attached hydrogens (tertiary/aromatic N) is 2. The van der Waals surface area contributed by atoms with Gasteiger partial charge in [-0.3, -0.25) is 5.10 Å². The van der Waals surface area contributed by atoms with Crippen molar-refractivity contribution in [3.05, 3.63) is 48.3 Å². The molecule has 0 saturated heterocycles. The summed E-state index contributed by atoms with van der Waals surface area (Å²) in [6.45, 7) is 4.90. The van der Waals surface area contributed by atoms with Gasteiger partial charge in [-0.2, -0.15) is 5.10 Å². The second kappa shape index (κ2) is 7.12. The van der Waals surface area contributed by atoms with Gasteiger partial charge >= 0.3 is 0 Å². The highest BCUT2D eigenvalue weighted by atomic mass is 19.1. The fourth-order valence-electron chi connectivity index (χ4n) is 2.35. The average Bonchev–Trinajstić information content (AvgIpc) is 3.07. The molecule has 0 aliphatic carbocycles. The van der Waals surface area contributed by atoms with Crippen LogP contribution in [-0.2, 0) is 0 Å². The normalized spacial score (nSPS) is 10.6. The Kier molecular flexibility index (Phi) is 4.74. The molecule has 3 rings (SSSR count). The summed E-state index contributed by atoms with van der Waals surface area (Å²) in [6.07, 6.45) is 0. The highest BCUT2D eigenvalue weighted by Crippen LogP contribution is 2.32. The molecule has 1 N–H and O–H groups in total. The molecule has 1 aromatic heterocycles. The first-order chi connectivity index (χ1) is 11.7. The SMILES string of the molecule is CCOc1ccc(-c2n[nH]c(-c3ccccc3F)n2)cc1OCC. The van der Waals surface area contributed by atoms with Crippen molar-refractivity contribution >= 4 is 0 Å². The topological polar surface area (TPSA) is 60.0 Å². The minimum Gasteiger partial charge on any atom is -0.490 e. The van der Waals surface area contributed by atoms with E-state index in [-0.39, 0.29) is 5.82 Å². The molecule has 0 bridgehead atoms. The van der Waals surface area contributed by atoms with Gasteiger partial charge in [0.25, 0.3) is 0 Å². The van der Waals surface area contributed by atoms with Crippen LogP contribution in [-0.4, -0.2) is 28.4 Å². The molecule has 5 nitrogen and oxygen atoms in total. The van der Waals surface area contributed by atoms with E-state index in [4.69, 9.17) is 9.47 Å². The van der Waals surface area contributed by atoms with Crippen LogP contribution in [0.15, 0.2) is 42.5 Å². The molecule has 124 valence electrons. The third-order valence-electron chi connectivity index (χ3n) is 3.42. The second-order valence-electron chi connectivity index (χ2n) is 5.02. The quantitative estimate of drug-likeness (QED) is 0.741. The fourth-order valence-corrected chi connectivity index (χ4v) is 2.35. The first-order valence-electron chi connectivity index (χ1n) is 7.80. The highest BCUT2D eigenvalue weighted by molar-refractivity contribution is 5.64. The van der Waals surface area contributed by atoms with Gasteiger partial charge in [0, 0.05) is 5.56 Å². The number of aromatic amines is 1. The summed E-state index contributed by atoms with van der Waals surface area (Å²) in [4.78, 5) is 4.39. The van der Waals surface area contributed by atoms with Gasteiger partial charge < -0.3 is 9.47 Å². The number of hydrogen-bond donors (Lipinski definition) is 1. The van der Waals surface area contributed by atoms with Gasteiger partial charge in [-0.25, -0.2) is 9.37 Å². The van der Waals surface area contributed by atoms with Crippen molar-refractivity contribution in [2.24, 2.45) is 0 Å². The van der Waals surface area contributed by atoms with Crippen molar-refractivity contribution in [3.63, 3.8) is 0 Å². The van der Waals surface area contributed by atoms with Crippen molar-refractivity contribution in [3.8, 4) is 34.3 Å². The summed E-state index contributed by atoms with van der Waals surface area (Å²) in [5.74, 6) is 1.82. The molecule has 0 aliphatic rings. The van der Waals surface area contributed by atoms with Crippen LogP contribution in [0.1, 0.15) is 13.8 Å². The molecule has 0 atom stereocenters. The summed E-state index contributed by atoms with van der Waals surface area (Å²) in [5, 5.41) is 6.96. The monoisotopic (exact) mass is 327 g/mol. The molecule has 1 heterocycles. The van der Waals surface area contributed by atoms with Gasteiger partial charge in [0.1, 0.15) is 5.82 Å². The van der Waals surface area contributed by atoms with Crippen LogP contribution in [0.3, 0.4) is 0 Å². The molecule has 6 heteroatoms. The van der Waals surface area contributed by atoms with Gasteiger partial charge in [0.2, 0.25) is 0 Å². The van der Waals surface area contributed by atoms with E-state index in [1.807, 2.05) is 32.0 Å². The van der Waals surface area contributed by atoms with E-state index < -0.39 is 0 Å². The van der Waals surface area contributed by atoms with E-state index in [2.05, 4.69) is 15.2 Å². The third kappa shape index (κ3) is 3.22. The number of hydrogen-bond acceptors (Lipinski definition) is 4. The van der Waals surface area contributed by atoms with Crippen LogP contribution < -0.4 is 9.47 Å². The molecular weight excluding hydrogens is 309 g/mol. The molecule has 2 aromatic carbocycles. The predicted molar refractivity (Wildman–Crippen MR) is 89.6 cm³/mol. The van der Waals surface area contributed by atoms with Gasteiger partial charge in [-0.1, -0.05) is 12.1 Å². The van der Waals surface area contributed by atoms with E-state index in [0.717, 1.165) is 5.56 Å². The molecule has 24 heavy (non-hydrogen) atoms. The summed E-state index contributed by atoms with van der Waals surface area (Å²) < 4.78 is 25.0. The van der Waals surface area contributed by atoms with E-state index in [9.17, 15) is 4.39 Å². The molecule has 0 unspecified atom stereocenters. The maximum atomic E-state index is 13.9. The molecule has 0 saturated carbocycles. The standard InChI is InChI=1S/C18H18FN3O2/c1-3-23-15-10-9-12(11-16(15)24-4-2)17-20-18(22-21-17)13-7-5-6-8-14(13)19/h5-11H,3-4H2,1-2H3,(H,20,21,22). The van der Waals surface area contributed by atoms with Crippen LogP contribution in [0, 0.1) is 5.82 Å². The molecule has 0 spiro atoms. The maximum Gasteiger partial charge on any atom is 0.181 e. The number of rotatable bonds is 6. The smallest absolute Gasteiger partial charge is 0.181 e. The Morgan fingerprint density at radius 2 is 1.75 bits per heavy atom. The van der Waals surface area contributed by atoms with Gasteiger partial charge in [-0.05, 0) is 44.2 Å². The molecule has 0 fully saturated rings. The summed E-state index contributed by atoms with van der Waals surface area (Å²) in [5.41, 5.74) is 1.15. The van der Waals surface area contributed by atoms with E-state index in [1.165, 1.54) is 6.07 Å². The van der Waals surface area contributed by atoms with E-state index >= 15 is 0 Å².